The number of rotatable bonds is 15. The molecule has 1 fully saturated rings. The van der Waals surface area contributed by atoms with Crippen LogP contribution in [0, 0.1) is 0 Å². The predicted molar refractivity (Wildman–Crippen MR) is 134 cm³/mol. The SMILES string of the molecule is O=C(CN1CCNCCN(CC(=O)OCC(O)CO)CCN(CC(=O)OCC(O)CO)CC1)OCC(O)CO. The molecular weight excluding hydrogens is 524 g/mol. The average Bonchev–Trinajstić information content (AvgIpc) is 2.92. The number of nitrogens with one attached hydrogen (secondary N) is 1. The van der Waals surface area contributed by atoms with Crippen LogP contribution in [0.1, 0.15) is 0 Å². The van der Waals surface area contributed by atoms with Crippen molar-refractivity contribution in [3.05, 3.63) is 0 Å². The van der Waals surface area contributed by atoms with E-state index in [0.717, 1.165) is 0 Å². The predicted octanol–water partition coefficient (Wildman–Crippen LogP) is -5.82. The Kier molecular flexibility index (Phi) is 18.7. The zero-order chi connectivity index (χ0) is 29.0. The molecule has 0 aliphatic carbocycles. The average molecular weight is 569 g/mol. The molecule has 16 heteroatoms. The van der Waals surface area contributed by atoms with Gasteiger partial charge in [-0.3, -0.25) is 29.1 Å². The lowest BCUT2D eigenvalue weighted by Crippen LogP contribution is -2.48. The van der Waals surface area contributed by atoms with Gasteiger partial charge in [-0.15, -0.1) is 0 Å². The van der Waals surface area contributed by atoms with Crippen molar-refractivity contribution in [2.45, 2.75) is 18.3 Å². The van der Waals surface area contributed by atoms with Gasteiger partial charge in [0.15, 0.2) is 0 Å². The molecule has 228 valence electrons. The van der Waals surface area contributed by atoms with Gasteiger partial charge in [-0.1, -0.05) is 0 Å². The number of hydrogen-bond donors (Lipinski definition) is 7. The number of aliphatic hydroxyl groups excluding tert-OH is 6. The van der Waals surface area contributed by atoms with Crippen LogP contribution >= 0.6 is 0 Å². The van der Waals surface area contributed by atoms with Crippen molar-refractivity contribution in [3.63, 3.8) is 0 Å². The van der Waals surface area contributed by atoms with E-state index in [-0.39, 0.29) is 39.5 Å². The smallest absolute Gasteiger partial charge is 0.320 e. The normalized spacial score (nSPS) is 19.2. The number of ether oxygens (including phenoxy) is 3. The first-order valence-electron chi connectivity index (χ1n) is 12.9. The maximum atomic E-state index is 12.3. The number of nitrogens with zero attached hydrogens (tertiary/aromatic N) is 3. The first kappa shape index (κ1) is 35.0. The third-order valence-electron chi connectivity index (χ3n) is 5.68. The molecule has 1 saturated heterocycles. The van der Waals surface area contributed by atoms with Gasteiger partial charge in [0.2, 0.25) is 0 Å². The van der Waals surface area contributed by atoms with Gasteiger partial charge in [0.1, 0.15) is 38.1 Å². The van der Waals surface area contributed by atoms with Crippen molar-refractivity contribution in [1.82, 2.24) is 20.0 Å². The molecule has 1 rings (SSSR count). The molecule has 0 saturated carbocycles. The van der Waals surface area contributed by atoms with E-state index in [4.69, 9.17) is 29.5 Å². The molecule has 1 heterocycles. The molecule has 0 radical (unpaired) electrons. The van der Waals surface area contributed by atoms with E-state index >= 15 is 0 Å². The van der Waals surface area contributed by atoms with Crippen LogP contribution in [0.25, 0.3) is 0 Å². The molecule has 0 aromatic heterocycles. The standard InChI is InChI=1S/C23H44N4O12/c28-12-18(31)15-37-21(34)9-25-3-1-24-2-4-26(10-22(35)38-16-19(32)13-29)6-8-27(7-5-25)11-23(36)39-17-20(33)14-30/h18-20,24,28-33H,1-17H2. The summed E-state index contributed by atoms with van der Waals surface area (Å²) in [6.07, 6.45) is -3.51. The Morgan fingerprint density at radius 2 is 0.846 bits per heavy atom. The topological polar surface area (TPSA) is 222 Å². The Labute approximate surface area is 227 Å². The highest BCUT2D eigenvalue weighted by Crippen LogP contribution is 2.01. The molecule has 0 aromatic carbocycles. The Hall–Kier alpha value is -1.99. The van der Waals surface area contributed by atoms with E-state index in [9.17, 15) is 29.7 Å². The van der Waals surface area contributed by atoms with Crippen molar-refractivity contribution in [3.8, 4) is 0 Å². The van der Waals surface area contributed by atoms with Gasteiger partial charge < -0.3 is 50.2 Å². The molecule has 1 aliphatic heterocycles. The Bertz CT molecular complexity index is 662. The lowest BCUT2D eigenvalue weighted by atomic mass is 10.3. The fraction of sp³-hybridized carbons (Fsp3) is 0.870. The molecular formula is C23H44N4O12. The minimum Gasteiger partial charge on any atom is -0.462 e. The fourth-order valence-electron chi connectivity index (χ4n) is 3.38. The summed E-state index contributed by atoms with van der Waals surface area (Å²) in [6.45, 7) is 0.457. The first-order valence-corrected chi connectivity index (χ1v) is 12.9. The van der Waals surface area contributed by atoms with Gasteiger partial charge in [0.25, 0.3) is 0 Å². The van der Waals surface area contributed by atoms with Gasteiger partial charge >= 0.3 is 17.9 Å². The first-order chi connectivity index (χ1) is 18.7. The molecule has 0 bridgehead atoms. The number of esters is 3. The molecule has 0 amide bonds. The van der Waals surface area contributed by atoms with Gasteiger partial charge in [0.05, 0.1) is 39.5 Å². The molecule has 3 atom stereocenters. The van der Waals surface area contributed by atoms with Gasteiger partial charge in [0, 0.05) is 52.4 Å². The van der Waals surface area contributed by atoms with Gasteiger partial charge in [-0.05, 0) is 0 Å². The van der Waals surface area contributed by atoms with E-state index in [1.165, 1.54) is 0 Å². The van der Waals surface area contributed by atoms with Crippen molar-refractivity contribution in [2.75, 3.05) is 112 Å². The van der Waals surface area contributed by atoms with E-state index in [2.05, 4.69) is 5.32 Å². The van der Waals surface area contributed by atoms with Crippen LogP contribution < -0.4 is 5.32 Å². The molecule has 7 N–H and O–H groups in total. The van der Waals surface area contributed by atoms with E-state index in [0.29, 0.717) is 52.4 Å². The summed E-state index contributed by atoms with van der Waals surface area (Å²) in [7, 11) is 0. The van der Waals surface area contributed by atoms with Crippen molar-refractivity contribution in [2.24, 2.45) is 0 Å². The second-order valence-electron chi connectivity index (χ2n) is 9.14. The molecule has 1 aliphatic rings. The fourth-order valence-corrected chi connectivity index (χ4v) is 3.38. The summed E-state index contributed by atoms with van der Waals surface area (Å²) in [4.78, 5) is 42.2. The summed E-state index contributed by atoms with van der Waals surface area (Å²) < 4.78 is 15.0. The summed E-state index contributed by atoms with van der Waals surface area (Å²) >= 11 is 0. The zero-order valence-corrected chi connectivity index (χ0v) is 22.2. The third kappa shape index (κ3) is 17.3. The molecule has 0 aromatic rings. The highest BCUT2D eigenvalue weighted by molar-refractivity contribution is 5.72. The van der Waals surface area contributed by atoms with Crippen LogP contribution in [0.15, 0.2) is 0 Å². The number of carbonyl (C=O) groups excluding carboxylic acids is 3. The van der Waals surface area contributed by atoms with Crippen LogP contribution in [0.3, 0.4) is 0 Å². The van der Waals surface area contributed by atoms with Crippen molar-refractivity contribution >= 4 is 17.9 Å². The van der Waals surface area contributed by atoms with E-state index < -0.39 is 56.0 Å². The third-order valence-corrected chi connectivity index (χ3v) is 5.68. The highest BCUT2D eigenvalue weighted by atomic mass is 16.6. The molecule has 0 spiro atoms. The van der Waals surface area contributed by atoms with E-state index in [1.807, 2.05) is 9.80 Å². The lowest BCUT2D eigenvalue weighted by molar-refractivity contribution is -0.150. The highest BCUT2D eigenvalue weighted by Gasteiger charge is 2.21. The molecule has 16 nitrogen and oxygen atoms in total. The lowest BCUT2D eigenvalue weighted by Gasteiger charge is -2.30. The van der Waals surface area contributed by atoms with Gasteiger partial charge in [-0.25, -0.2) is 0 Å². The Morgan fingerprint density at radius 1 is 0.564 bits per heavy atom. The number of aliphatic hydroxyl groups is 6. The quantitative estimate of drug-likeness (QED) is 0.0722. The summed E-state index contributed by atoms with van der Waals surface area (Å²) in [5.41, 5.74) is 0. The van der Waals surface area contributed by atoms with Crippen LogP contribution in [0.4, 0.5) is 0 Å². The zero-order valence-electron chi connectivity index (χ0n) is 22.2. The number of carbonyl (C=O) groups is 3. The van der Waals surface area contributed by atoms with E-state index in [1.54, 1.807) is 4.90 Å². The van der Waals surface area contributed by atoms with Gasteiger partial charge in [-0.2, -0.15) is 0 Å². The van der Waals surface area contributed by atoms with Crippen LogP contribution in [0.2, 0.25) is 0 Å². The summed E-state index contributed by atoms with van der Waals surface area (Å²) in [5.74, 6) is -1.77. The van der Waals surface area contributed by atoms with Crippen molar-refractivity contribution < 1.29 is 59.2 Å². The molecule has 3 unspecified atom stereocenters. The monoisotopic (exact) mass is 568 g/mol. The second-order valence-corrected chi connectivity index (χ2v) is 9.14. The van der Waals surface area contributed by atoms with Crippen molar-refractivity contribution in [1.29, 1.82) is 0 Å². The molecule has 39 heavy (non-hydrogen) atoms. The Morgan fingerprint density at radius 3 is 1.13 bits per heavy atom. The Balaban J connectivity index is 2.80. The minimum absolute atomic E-state index is 0.0710. The summed E-state index contributed by atoms with van der Waals surface area (Å²) in [5, 5.41) is 58.1. The summed E-state index contributed by atoms with van der Waals surface area (Å²) in [6, 6.07) is 0. The van der Waals surface area contributed by atoms with Crippen LogP contribution in [-0.2, 0) is 28.6 Å². The van der Waals surface area contributed by atoms with Crippen LogP contribution in [0.5, 0.6) is 0 Å². The minimum atomic E-state index is -1.19. The second kappa shape index (κ2) is 20.8. The largest absolute Gasteiger partial charge is 0.462 e. The maximum absolute atomic E-state index is 12.3. The number of hydrogen-bond acceptors (Lipinski definition) is 16. The maximum Gasteiger partial charge on any atom is 0.320 e. The van der Waals surface area contributed by atoms with Crippen LogP contribution in [-0.4, -0.2) is 193 Å².